The Morgan fingerprint density at radius 3 is 2.58 bits per heavy atom. The Hall–Kier alpha value is -2.42. The van der Waals surface area contributed by atoms with Crippen LogP contribution < -0.4 is 0 Å². The molecule has 0 spiro atoms. The van der Waals surface area contributed by atoms with Gasteiger partial charge in [-0.3, -0.25) is 4.79 Å². The normalized spacial score (nSPS) is 17.9. The average molecular weight is 493 g/mol. The van der Waals surface area contributed by atoms with Crippen molar-refractivity contribution in [1.82, 2.24) is 9.21 Å². The third-order valence-corrected chi connectivity index (χ3v) is 8.02. The number of hydrogen-bond donors (Lipinski definition) is 0. The summed E-state index contributed by atoms with van der Waals surface area (Å²) in [5, 5.41) is 0.0384. The van der Waals surface area contributed by atoms with Crippen molar-refractivity contribution in [2.75, 3.05) is 20.1 Å². The molecule has 2 atom stereocenters. The Morgan fingerprint density at radius 1 is 1.21 bits per heavy atom. The van der Waals surface area contributed by atoms with Gasteiger partial charge in [0.2, 0.25) is 10.0 Å². The van der Waals surface area contributed by atoms with Crippen LogP contribution in [0.1, 0.15) is 42.6 Å². The van der Waals surface area contributed by atoms with Gasteiger partial charge in [0.05, 0.1) is 10.6 Å². The molecular formula is C24H29ClN2O5S. The van der Waals surface area contributed by atoms with Gasteiger partial charge in [0.25, 0.3) is 5.91 Å². The van der Waals surface area contributed by atoms with E-state index in [2.05, 4.69) is 0 Å². The van der Waals surface area contributed by atoms with Crippen LogP contribution in [-0.2, 0) is 26.1 Å². The predicted molar refractivity (Wildman–Crippen MR) is 126 cm³/mol. The molecule has 1 amide bonds. The summed E-state index contributed by atoms with van der Waals surface area (Å²) in [6, 6.07) is 13.5. The van der Waals surface area contributed by atoms with Crippen molar-refractivity contribution in [3.05, 3.63) is 64.7 Å². The fraction of sp³-hybridized carbons (Fsp3) is 0.417. The molecule has 0 N–H and O–H groups in total. The van der Waals surface area contributed by atoms with E-state index in [4.69, 9.17) is 16.3 Å². The van der Waals surface area contributed by atoms with E-state index in [9.17, 15) is 18.0 Å². The third-order valence-electron chi connectivity index (χ3n) is 5.67. The van der Waals surface area contributed by atoms with Crippen LogP contribution in [0.5, 0.6) is 0 Å². The molecule has 0 bridgehead atoms. The van der Waals surface area contributed by atoms with E-state index in [1.807, 2.05) is 37.3 Å². The number of nitrogens with zero attached hydrogens (tertiary/aromatic N) is 2. The van der Waals surface area contributed by atoms with Gasteiger partial charge in [-0.1, -0.05) is 48.9 Å². The average Bonchev–Trinajstić information content (AvgIpc) is 2.79. The number of sulfonamides is 1. The van der Waals surface area contributed by atoms with E-state index in [1.165, 1.54) is 34.3 Å². The lowest BCUT2D eigenvalue weighted by Crippen LogP contribution is -2.39. The van der Waals surface area contributed by atoms with Gasteiger partial charge in [0.1, 0.15) is 4.90 Å². The number of rotatable bonds is 7. The topological polar surface area (TPSA) is 84.0 Å². The van der Waals surface area contributed by atoms with E-state index in [0.29, 0.717) is 19.6 Å². The molecule has 7 nitrogen and oxygen atoms in total. The van der Waals surface area contributed by atoms with Gasteiger partial charge >= 0.3 is 5.97 Å². The molecule has 0 aromatic heterocycles. The maximum atomic E-state index is 13.2. The minimum atomic E-state index is -3.86. The van der Waals surface area contributed by atoms with Crippen LogP contribution in [0.3, 0.4) is 0 Å². The number of halogens is 1. The number of amides is 1. The first-order valence-electron chi connectivity index (χ1n) is 10.9. The minimum Gasteiger partial charge on any atom is -0.449 e. The van der Waals surface area contributed by atoms with Crippen LogP contribution in [0.15, 0.2) is 53.4 Å². The number of likely N-dealkylation sites (N-methyl/N-ethyl adjacent to an activating group) is 1. The Kier molecular flexibility index (Phi) is 8.15. The Labute approximate surface area is 200 Å². The summed E-state index contributed by atoms with van der Waals surface area (Å²) in [7, 11) is -2.22. The highest BCUT2D eigenvalue weighted by molar-refractivity contribution is 7.89. The Balaban J connectivity index is 1.71. The van der Waals surface area contributed by atoms with Crippen LogP contribution in [-0.4, -0.2) is 55.7 Å². The largest absolute Gasteiger partial charge is 0.449 e. The second-order valence-electron chi connectivity index (χ2n) is 8.48. The van der Waals surface area contributed by atoms with E-state index in [-0.39, 0.29) is 27.3 Å². The number of benzene rings is 2. The molecule has 0 saturated carbocycles. The summed E-state index contributed by atoms with van der Waals surface area (Å²) < 4.78 is 33.1. The van der Waals surface area contributed by atoms with Gasteiger partial charge in [-0.05, 0) is 49.4 Å². The molecule has 178 valence electrons. The minimum absolute atomic E-state index is 0.0217. The van der Waals surface area contributed by atoms with Crippen molar-refractivity contribution in [2.45, 2.75) is 44.2 Å². The number of carbonyl (C=O) groups excluding carboxylic acids is 2. The smallest absolute Gasteiger partial charge is 0.338 e. The number of hydrogen-bond acceptors (Lipinski definition) is 5. The van der Waals surface area contributed by atoms with E-state index in [1.54, 1.807) is 7.05 Å². The standard InChI is InChI=1S/C24H29ClN2O5S/c1-17-8-7-13-27(15-17)33(30,31)22-14-20(11-12-21(22)25)24(29)32-18(2)23(28)26(3)16-19-9-5-4-6-10-19/h4-6,9-12,14,17-18H,7-8,13,15-16H2,1-3H3. The predicted octanol–water partition coefficient (Wildman–Crippen LogP) is 3.96. The molecule has 1 heterocycles. The van der Waals surface area contributed by atoms with Gasteiger partial charge in [-0.15, -0.1) is 0 Å². The first-order valence-corrected chi connectivity index (χ1v) is 12.7. The molecule has 1 fully saturated rings. The SMILES string of the molecule is CC1CCCN(S(=O)(=O)c2cc(C(=O)OC(C)C(=O)N(C)Cc3ccccc3)ccc2Cl)C1. The molecule has 1 aliphatic rings. The van der Waals surface area contributed by atoms with Gasteiger partial charge in [-0.25, -0.2) is 13.2 Å². The van der Waals surface area contributed by atoms with Gasteiger partial charge in [-0.2, -0.15) is 4.31 Å². The van der Waals surface area contributed by atoms with Crippen LogP contribution in [0.25, 0.3) is 0 Å². The molecule has 0 radical (unpaired) electrons. The highest BCUT2D eigenvalue weighted by Gasteiger charge is 2.31. The first-order chi connectivity index (χ1) is 15.6. The van der Waals surface area contributed by atoms with Crippen molar-refractivity contribution in [3.63, 3.8) is 0 Å². The van der Waals surface area contributed by atoms with E-state index in [0.717, 1.165) is 18.4 Å². The fourth-order valence-corrected chi connectivity index (χ4v) is 5.96. The molecule has 2 unspecified atom stereocenters. The number of carbonyl (C=O) groups is 2. The second kappa shape index (κ2) is 10.7. The molecular weight excluding hydrogens is 464 g/mol. The summed E-state index contributed by atoms with van der Waals surface area (Å²) in [4.78, 5) is 26.7. The molecule has 1 aliphatic heterocycles. The fourth-order valence-electron chi connectivity index (χ4n) is 3.86. The Bertz CT molecular complexity index is 1110. The number of ether oxygens (including phenoxy) is 1. The molecule has 2 aromatic rings. The monoisotopic (exact) mass is 492 g/mol. The number of esters is 1. The van der Waals surface area contributed by atoms with Gasteiger partial charge in [0, 0.05) is 26.7 Å². The summed E-state index contributed by atoms with van der Waals surface area (Å²) >= 11 is 6.20. The second-order valence-corrected chi connectivity index (χ2v) is 10.8. The summed E-state index contributed by atoms with van der Waals surface area (Å²) in [6.07, 6.45) is 0.706. The molecule has 2 aromatic carbocycles. The van der Waals surface area contributed by atoms with Crippen molar-refractivity contribution >= 4 is 33.5 Å². The lowest BCUT2D eigenvalue weighted by molar-refractivity contribution is -0.139. The van der Waals surface area contributed by atoms with Crippen LogP contribution in [0, 0.1) is 5.92 Å². The van der Waals surface area contributed by atoms with Crippen LogP contribution >= 0.6 is 11.6 Å². The zero-order valence-corrected chi connectivity index (χ0v) is 20.6. The summed E-state index contributed by atoms with van der Waals surface area (Å²) in [5.41, 5.74) is 0.972. The van der Waals surface area contributed by atoms with Gasteiger partial charge < -0.3 is 9.64 Å². The summed E-state index contributed by atoms with van der Waals surface area (Å²) in [6.45, 7) is 4.69. The van der Waals surface area contributed by atoms with Crippen molar-refractivity contribution < 1.29 is 22.7 Å². The number of piperidine rings is 1. The molecule has 0 aliphatic carbocycles. The van der Waals surface area contributed by atoms with Crippen molar-refractivity contribution in [1.29, 1.82) is 0 Å². The first kappa shape index (κ1) is 25.2. The van der Waals surface area contributed by atoms with Crippen LogP contribution in [0.2, 0.25) is 5.02 Å². The molecule has 3 rings (SSSR count). The van der Waals surface area contributed by atoms with E-state index >= 15 is 0 Å². The summed E-state index contributed by atoms with van der Waals surface area (Å²) in [5.74, 6) is -0.902. The van der Waals surface area contributed by atoms with Crippen molar-refractivity contribution in [2.24, 2.45) is 5.92 Å². The maximum Gasteiger partial charge on any atom is 0.338 e. The molecule has 1 saturated heterocycles. The van der Waals surface area contributed by atoms with E-state index < -0.39 is 22.1 Å². The zero-order chi connectivity index (χ0) is 24.2. The lowest BCUT2D eigenvalue weighted by atomic mass is 10.0. The maximum absolute atomic E-state index is 13.2. The third kappa shape index (κ3) is 6.13. The Morgan fingerprint density at radius 2 is 1.91 bits per heavy atom. The molecule has 33 heavy (non-hydrogen) atoms. The zero-order valence-electron chi connectivity index (χ0n) is 19.0. The van der Waals surface area contributed by atoms with Crippen LogP contribution in [0.4, 0.5) is 0 Å². The van der Waals surface area contributed by atoms with Crippen molar-refractivity contribution in [3.8, 4) is 0 Å². The van der Waals surface area contributed by atoms with Gasteiger partial charge in [0.15, 0.2) is 6.10 Å². The highest BCUT2D eigenvalue weighted by Crippen LogP contribution is 2.29. The quantitative estimate of drug-likeness (QED) is 0.546. The lowest BCUT2D eigenvalue weighted by Gasteiger charge is -2.30. The molecule has 9 heteroatoms. The highest BCUT2D eigenvalue weighted by atomic mass is 35.5.